The van der Waals surface area contributed by atoms with Gasteiger partial charge in [-0.1, -0.05) is 0 Å². The second-order valence-electron chi connectivity index (χ2n) is 3.70. The third kappa shape index (κ3) is 3.12. The molecular formula is C13H9FN2O3. The summed E-state index contributed by atoms with van der Waals surface area (Å²) in [4.78, 5) is 26.1. The molecule has 0 aliphatic carbocycles. The summed E-state index contributed by atoms with van der Waals surface area (Å²) < 4.78 is 12.7. The molecule has 6 heteroatoms. The number of halogens is 1. The van der Waals surface area contributed by atoms with Gasteiger partial charge in [-0.3, -0.25) is 9.78 Å². The van der Waals surface area contributed by atoms with Crippen LogP contribution in [-0.2, 0) is 0 Å². The summed E-state index contributed by atoms with van der Waals surface area (Å²) in [7, 11) is 0. The van der Waals surface area contributed by atoms with Gasteiger partial charge in [0.15, 0.2) is 0 Å². The third-order valence-electron chi connectivity index (χ3n) is 2.35. The number of benzene rings is 1. The van der Waals surface area contributed by atoms with Crippen LogP contribution < -0.4 is 5.32 Å². The Kier molecular flexibility index (Phi) is 3.51. The molecule has 5 nitrogen and oxygen atoms in total. The normalized spacial score (nSPS) is 9.95. The number of aromatic nitrogens is 1. The Morgan fingerprint density at radius 3 is 2.32 bits per heavy atom. The van der Waals surface area contributed by atoms with E-state index in [1.807, 2.05) is 0 Å². The fourth-order valence-corrected chi connectivity index (χ4v) is 1.38. The molecule has 0 unspecified atom stereocenters. The fraction of sp³-hybridized carbons (Fsp3) is 0. The van der Waals surface area contributed by atoms with Crippen molar-refractivity contribution in [1.82, 2.24) is 4.98 Å². The van der Waals surface area contributed by atoms with Crippen LogP contribution in [0.3, 0.4) is 0 Å². The summed E-state index contributed by atoms with van der Waals surface area (Å²) in [6.45, 7) is 0. The predicted molar refractivity (Wildman–Crippen MR) is 65.5 cm³/mol. The Balaban J connectivity index is 2.11. The molecule has 0 saturated carbocycles. The highest BCUT2D eigenvalue weighted by atomic mass is 19.1. The van der Waals surface area contributed by atoms with Gasteiger partial charge in [0, 0.05) is 11.9 Å². The first-order chi connectivity index (χ1) is 9.06. The van der Waals surface area contributed by atoms with Gasteiger partial charge >= 0.3 is 5.97 Å². The van der Waals surface area contributed by atoms with E-state index in [0.717, 1.165) is 6.20 Å². The van der Waals surface area contributed by atoms with Crippen molar-refractivity contribution >= 4 is 17.6 Å². The SMILES string of the molecule is O=C(O)c1ccc(C(=O)Nc2ccc(F)cc2)nc1. The highest BCUT2D eigenvalue weighted by Crippen LogP contribution is 2.10. The molecule has 2 aromatic rings. The maximum atomic E-state index is 12.7. The average molecular weight is 260 g/mol. The van der Waals surface area contributed by atoms with Crippen molar-refractivity contribution < 1.29 is 19.1 Å². The van der Waals surface area contributed by atoms with Crippen LogP contribution in [0.25, 0.3) is 0 Å². The highest BCUT2D eigenvalue weighted by Gasteiger charge is 2.09. The molecule has 1 aromatic heterocycles. The van der Waals surface area contributed by atoms with E-state index in [4.69, 9.17) is 5.11 Å². The lowest BCUT2D eigenvalue weighted by Crippen LogP contribution is -2.14. The summed E-state index contributed by atoms with van der Waals surface area (Å²) in [5.74, 6) is -2.01. The van der Waals surface area contributed by atoms with Gasteiger partial charge in [-0.05, 0) is 36.4 Å². The lowest BCUT2D eigenvalue weighted by molar-refractivity contribution is 0.0696. The summed E-state index contributed by atoms with van der Waals surface area (Å²) in [6.07, 6.45) is 1.10. The minimum absolute atomic E-state index is 0.00154. The van der Waals surface area contributed by atoms with Crippen LogP contribution in [0.4, 0.5) is 10.1 Å². The molecule has 2 N–H and O–H groups in total. The Hall–Kier alpha value is -2.76. The van der Waals surface area contributed by atoms with E-state index in [-0.39, 0.29) is 11.3 Å². The van der Waals surface area contributed by atoms with Crippen LogP contribution in [0, 0.1) is 5.82 Å². The van der Waals surface area contributed by atoms with E-state index in [9.17, 15) is 14.0 Å². The lowest BCUT2D eigenvalue weighted by Gasteiger charge is -2.04. The second-order valence-corrected chi connectivity index (χ2v) is 3.70. The molecule has 0 fully saturated rings. The van der Waals surface area contributed by atoms with Crippen LogP contribution in [0.1, 0.15) is 20.8 Å². The molecular weight excluding hydrogens is 251 g/mol. The van der Waals surface area contributed by atoms with Gasteiger partial charge in [-0.2, -0.15) is 0 Å². The minimum atomic E-state index is -1.11. The van der Waals surface area contributed by atoms with Crippen LogP contribution in [0.2, 0.25) is 0 Å². The average Bonchev–Trinajstić information content (AvgIpc) is 2.41. The number of rotatable bonds is 3. The van der Waals surface area contributed by atoms with Crippen molar-refractivity contribution in [3.63, 3.8) is 0 Å². The van der Waals surface area contributed by atoms with Crippen LogP contribution in [-0.4, -0.2) is 22.0 Å². The Morgan fingerprint density at radius 2 is 1.79 bits per heavy atom. The van der Waals surface area contributed by atoms with Crippen molar-refractivity contribution in [3.05, 3.63) is 59.7 Å². The monoisotopic (exact) mass is 260 g/mol. The molecule has 0 bridgehead atoms. The molecule has 0 aliphatic rings. The van der Waals surface area contributed by atoms with E-state index in [2.05, 4.69) is 10.3 Å². The molecule has 0 aliphatic heterocycles. The highest BCUT2D eigenvalue weighted by molar-refractivity contribution is 6.03. The first-order valence-electron chi connectivity index (χ1n) is 5.32. The van der Waals surface area contributed by atoms with E-state index < -0.39 is 17.7 Å². The third-order valence-corrected chi connectivity index (χ3v) is 2.35. The van der Waals surface area contributed by atoms with Gasteiger partial charge in [0.1, 0.15) is 11.5 Å². The van der Waals surface area contributed by atoms with Crippen molar-refractivity contribution in [2.75, 3.05) is 5.32 Å². The number of amides is 1. The van der Waals surface area contributed by atoms with Crippen molar-refractivity contribution in [2.45, 2.75) is 0 Å². The molecule has 0 saturated heterocycles. The maximum absolute atomic E-state index is 12.7. The first kappa shape index (κ1) is 12.7. The summed E-state index contributed by atoms with van der Waals surface area (Å²) in [5, 5.41) is 11.2. The number of nitrogens with zero attached hydrogens (tertiary/aromatic N) is 1. The number of hydrogen-bond donors (Lipinski definition) is 2. The zero-order valence-corrected chi connectivity index (χ0v) is 9.63. The fourth-order valence-electron chi connectivity index (χ4n) is 1.38. The summed E-state index contributed by atoms with van der Waals surface area (Å²) in [5.41, 5.74) is 0.503. The first-order valence-corrected chi connectivity index (χ1v) is 5.32. The topological polar surface area (TPSA) is 79.3 Å². The zero-order valence-electron chi connectivity index (χ0n) is 9.63. The molecule has 1 heterocycles. The molecule has 0 atom stereocenters. The number of anilines is 1. The summed E-state index contributed by atoms with van der Waals surface area (Å²) in [6, 6.07) is 7.86. The van der Waals surface area contributed by atoms with Gasteiger partial charge in [0.25, 0.3) is 5.91 Å². The number of aromatic carboxylic acids is 1. The molecule has 0 spiro atoms. The number of carboxylic acids is 1. The predicted octanol–water partition coefficient (Wildman–Crippen LogP) is 2.17. The van der Waals surface area contributed by atoms with Crippen molar-refractivity contribution in [3.8, 4) is 0 Å². The number of carbonyl (C=O) groups excluding carboxylic acids is 1. The molecule has 0 radical (unpaired) electrons. The Labute approximate surface area is 107 Å². The molecule has 2 rings (SSSR count). The van der Waals surface area contributed by atoms with Gasteiger partial charge in [0.2, 0.25) is 0 Å². The Bertz CT molecular complexity index is 609. The Morgan fingerprint density at radius 1 is 1.11 bits per heavy atom. The standard InChI is InChI=1S/C13H9FN2O3/c14-9-2-4-10(5-3-9)16-12(17)11-6-1-8(7-15-11)13(18)19/h1-7H,(H,16,17)(H,18,19). The van der Waals surface area contributed by atoms with Crippen LogP contribution in [0.5, 0.6) is 0 Å². The number of nitrogens with one attached hydrogen (secondary N) is 1. The van der Waals surface area contributed by atoms with Crippen LogP contribution in [0.15, 0.2) is 42.6 Å². The number of carboxylic acid groups (broad SMARTS) is 1. The number of hydrogen-bond acceptors (Lipinski definition) is 3. The molecule has 1 aromatic carbocycles. The minimum Gasteiger partial charge on any atom is -0.478 e. The lowest BCUT2D eigenvalue weighted by atomic mass is 10.2. The number of carbonyl (C=O) groups is 2. The largest absolute Gasteiger partial charge is 0.478 e. The quantitative estimate of drug-likeness (QED) is 0.886. The van der Waals surface area contributed by atoms with Crippen molar-refractivity contribution in [2.24, 2.45) is 0 Å². The zero-order chi connectivity index (χ0) is 13.8. The van der Waals surface area contributed by atoms with E-state index in [1.54, 1.807) is 0 Å². The van der Waals surface area contributed by atoms with Gasteiger partial charge in [-0.25, -0.2) is 9.18 Å². The van der Waals surface area contributed by atoms with E-state index in [0.29, 0.717) is 5.69 Å². The van der Waals surface area contributed by atoms with E-state index in [1.165, 1.54) is 36.4 Å². The summed E-state index contributed by atoms with van der Waals surface area (Å²) >= 11 is 0. The second kappa shape index (κ2) is 5.26. The van der Waals surface area contributed by atoms with Gasteiger partial charge in [-0.15, -0.1) is 0 Å². The van der Waals surface area contributed by atoms with E-state index >= 15 is 0 Å². The smallest absolute Gasteiger partial charge is 0.337 e. The van der Waals surface area contributed by atoms with Crippen molar-refractivity contribution in [1.29, 1.82) is 0 Å². The number of pyridine rings is 1. The molecule has 19 heavy (non-hydrogen) atoms. The molecule has 1 amide bonds. The van der Waals surface area contributed by atoms with Gasteiger partial charge < -0.3 is 10.4 Å². The van der Waals surface area contributed by atoms with Crippen LogP contribution >= 0.6 is 0 Å². The maximum Gasteiger partial charge on any atom is 0.337 e. The van der Waals surface area contributed by atoms with Gasteiger partial charge in [0.05, 0.1) is 5.56 Å². The molecule has 96 valence electrons.